The fraction of sp³-hybridized carbons (Fsp3) is 0.357. The Morgan fingerprint density at radius 3 is 2.57 bits per heavy atom. The summed E-state index contributed by atoms with van der Waals surface area (Å²) in [6.07, 6.45) is 2.69. The van der Waals surface area contributed by atoms with E-state index < -0.39 is 5.97 Å². The molecule has 0 atom stereocenters. The third kappa shape index (κ3) is 2.48. The van der Waals surface area contributed by atoms with Gasteiger partial charge in [0.2, 0.25) is 0 Å². The van der Waals surface area contributed by atoms with Gasteiger partial charge in [-0.2, -0.15) is 15.5 Å². The summed E-state index contributed by atoms with van der Waals surface area (Å²) in [4.78, 5) is 11.1. The minimum absolute atomic E-state index is 0.0818. The Morgan fingerprint density at radius 1 is 1.38 bits per heavy atom. The van der Waals surface area contributed by atoms with Gasteiger partial charge in [-0.3, -0.25) is 0 Å². The van der Waals surface area contributed by atoms with Crippen LogP contribution in [0, 0.1) is 18.3 Å². The first kappa shape index (κ1) is 14.7. The van der Waals surface area contributed by atoms with E-state index in [1.54, 1.807) is 6.92 Å². The molecule has 0 aliphatic rings. The number of carboxylic acid groups (broad SMARTS) is 1. The van der Waals surface area contributed by atoms with Gasteiger partial charge >= 0.3 is 5.97 Å². The third-order valence-electron chi connectivity index (χ3n) is 3.29. The molecule has 2 rings (SSSR count). The quantitative estimate of drug-likeness (QED) is 0.916. The predicted molar refractivity (Wildman–Crippen MR) is 74.3 cm³/mol. The van der Waals surface area contributed by atoms with Crippen LogP contribution in [0.15, 0.2) is 6.20 Å². The summed E-state index contributed by atoms with van der Waals surface area (Å²) in [7, 11) is 0. The van der Waals surface area contributed by atoms with Gasteiger partial charge in [-0.15, -0.1) is 5.10 Å². The second-order valence-corrected chi connectivity index (χ2v) is 4.52. The van der Waals surface area contributed by atoms with Crippen LogP contribution >= 0.6 is 0 Å². The number of hydrogen-bond acceptors (Lipinski definition) is 5. The number of aromatic carboxylic acids is 1. The molecule has 0 saturated heterocycles. The van der Waals surface area contributed by atoms with Gasteiger partial charge in [-0.25, -0.2) is 9.48 Å². The maximum Gasteiger partial charge on any atom is 0.339 e. The molecule has 0 aliphatic heterocycles. The van der Waals surface area contributed by atoms with Crippen molar-refractivity contribution in [3.8, 4) is 11.9 Å². The molecule has 0 amide bonds. The van der Waals surface area contributed by atoms with E-state index in [2.05, 4.69) is 21.4 Å². The number of nitrogens with zero attached hydrogens (tertiary/aromatic N) is 5. The molecule has 7 nitrogen and oxygen atoms in total. The Bertz CT molecular complexity index is 743. The molecular formula is C14H15N5O2. The minimum Gasteiger partial charge on any atom is -0.478 e. The highest BCUT2D eigenvalue weighted by Crippen LogP contribution is 2.20. The second kappa shape index (κ2) is 5.71. The highest BCUT2D eigenvalue weighted by Gasteiger charge is 2.19. The molecule has 2 aromatic rings. The van der Waals surface area contributed by atoms with Crippen LogP contribution in [0.2, 0.25) is 0 Å². The lowest BCUT2D eigenvalue weighted by atomic mass is 10.0. The molecule has 7 heteroatoms. The van der Waals surface area contributed by atoms with E-state index >= 15 is 0 Å². The molecule has 0 saturated carbocycles. The zero-order valence-corrected chi connectivity index (χ0v) is 12.1. The zero-order chi connectivity index (χ0) is 15.6. The van der Waals surface area contributed by atoms with Crippen molar-refractivity contribution in [2.24, 2.45) is 0 Å². The molecule has 2 aromatic heterocycles. The molecule has 0 aliphatic carbocycles. The Kier molecular flexibility index (Phi) is 3.98. The van der Waals surface area contributed by atoms with E-state index in [9.17, 15) is 10.1 Å². The topological polar surface area (TPSA) is 105 Å². The number of aromatic nitrogens is 4. The average molecular weight is 285 g/mol. The number of carbonyl (C=O) groups is 1. The maximum absolute atomic E-state index is 11.1. The van der Waals surface area contributed by atoms with E-state index in [1.165, 1.54) is 10.9 Å². The Hall–Kier alpha value is -2.75. The van der Waals surface area contributed by atoms with Crippen LogP contribution in [-0.4, -0.2) is 31.1 Å². The van der Waals surface area contributed by atoms with Gasteiger partial charge < -0.3 is 5.11 Å². The number of nitriles is 1. The van der Waals surface area contributed by atoms with Gasteiger partial charge in [0, 0.05) is 6.20 Å². The summed E-state index contributed by atoms with van der Waals surface area (Å²) in [5.41, 5.74) is 2.45. The van der Waals surface area contributed by atoms with E-state index in [0.717, 1.165) is 11.3 Å². The van der Waals surface area contributed by atoms with Crippen LogP contribution in [0.4, 0.5) is 0 Å². The fourth-order valence-electron chi connectivity index (χ4n) is 2.22. The monoisotopic (exact) mass is 285 g/mol. The first-order valence-corrected chi connectivity index (χ1v) is 6.61. The molecule has 0 unspecified atom stereocenters. The van der Waals surface area contributed by atoms with Gasteiger partial charge in [0.25, 0.3) is 0 Å². The lowest BCUT2D eigenvalue weighted by Crippen LogP contribution is -2.10. The van der Waals surface area contributed by atoms with E-state index in [4.69, 9.17) is 5.11 Å². The molecular weight excluding hydrogens is 270 g/mol. The lowest BCUT2D eigenvalue weighted by molar-refractivity contribution is 0.0696. The smallest absolute Gasteiger partial charge is 0.339 e. The molecule has 1 N–H and O–H groups in total. The summed E-state index contributed by atoms with van der Waals surface area (Å²) in [5, 5.41) is 30.8. The normalized spacial score (nSPS) is 10.4. The first-order valence-electron chi connectivity index (χ1n) is 6.61. The van der Waals surface area contributed by atoms with Crippen LogP contribution in [0.25, 0.3) is 5.82 Å². The zero-order valence-electron chi connectivity index (χ0n) is 12.1. The Morgan fingerprint density at radius 2 is 2.10 bits per heavy atom. The summed E-state index contributed by atoms with van der Waals surface area (Å²) < 4.78 is 1.31. The van der Waals surface area contributed by atoms with E-state index in [0.29, 0.717) is 24.1 Å². The van der Waals surface area contributed by atoms with E-state index in [-0.39, 0.29) is 11.4 Å². The molecule has 21 heavy (non-hydrogen) atoms. The van der Waals surface area contributed by atoms with Gasteiger partial charge in [0.15, 0.2) is 5.82 Å². The summed E-state index contributed by atoms with van der Waals surface area (Å²) >= 11 is 0. The third-order valence-corrected chi connectivity index (χ3v) is 3.29. The second-order valence-electron chi connectivity index (χ2n) is 4.52. The molecule has 0 spiro atoms. The number of aryl methyl sites for hydroxylation is 2. The summed E-state index contributed by atoms with van der Waals surface area (Å²) in [5.74, 6) is -0.798. The van der Waals surface area contributed by atoms with Gasteiger partial charge in [0.05, 0.1) is 11.4 Å². The van der Waals surface area contributed by atoms with Crippen molar-refractivity contribution < 1.29 is 9.90 Å². The van der Waals surface area contributed by atoms with Crippen molar-refractivity contribution in [3.05, 3.63) is 34.3 Å². The van der Waals surface area contributed by atoms with Crippen LogP contribution in [0.1, 0.15) is 46.7 Å². The van der Waals surface area contributed by atoms with Crippen LogP contribution < -0.4 is 0 Å². The van der Waals surface area contributed by atoms with Gasteiger partial charge in [0.1, 0.15) is 17.2 Å². The first-order chi connectivity index (χ1) is 10.0. The molecule has 2 heterocycles. The highest BCUT2D eigenvalue weighted by molar-refractivity contribution is 5.88. The van der Waals surface area contributed by atoms with Crippen molar-refractivity contribution in [3.63, 3.8) is 0 Å². The average Bonchev–Trinajstić information content (AvgIpc) is 2.87. The SMILES string of the molecule is CCc1nnc(-n2cc(C(=O)O)c(C)n2)c(C#N)c1CC. The van der Waals surface area contributed by atoms with Gasteiger partial charge in [-0.1, -0.05) is 13.8 Å². The van der Waals surface area contributed by atoms with Crippen molar-refractivity contribution in [1.82, 2.24) is 20.0 Å². The fourth-order valence-corrected chi connectivity index (χ4v) is 2.22. The Labute approximate surface area is 121 Å². The molecule has 0 radical (unpaired) electrons. The van der Waals surface area contributed by atoms with Crippen molar-refractivity contribution in [2.45, 2.75) is 33.6 Å². The van der Waals surface area contributed by atoms with Crippen molar-refractivity contribution >= 4 is 5.97 Å². The summed E-state index contributed by atoms with van der Waals surface area (Å²) in [6.45, 7) is 5.49. The van der Waals surface area contributed by atoms with Crippen LogP contribution in [-0.2, 0) is 12.8 Å². The van der Waals surface area contributed by atoms with Crippen molar-refractivity contribution in [1.29, 1.82) is 5.26 Å². The minimum atomic E-state index is -1.06. The number of hydrogen-bond donors (Lipinski definition) is 1. The maximum atomic E-state index is 11.1. The summed E-state index contributed by atoms with van der Waals surface area (Å²) in [6, 6.07) is 2.14. The van der Waals surface area contributed by atoms with Crippen molar-refractivity contribution in [2.75, 3.05) is 0 Å². The molecule has 0 aromatic carbocycles. The predicted octanol–water partition coefficient (Wildman–Crippen LogP) is 1.67. The van der Waals surface area contributed by atoms with E-state index in [1.807, 2.05) is 13.8 Å². The highest BCUT2D eigenvalue weighted by atomic mass is 16.4. The van der Waals surface area contributed by atoms with Crippen LogP contribution in [0.5, 0.6) is 0 Å². The molecule has 0 bridgehead atoms. The number of carboxylic acids is 1. The largest absolute Gasteiger partial charge is 0.478 e. The van der Waals surface area contributed by atoms with Gasteiger partial charge in [-0.05, 0) is 25.3 Å². The number of rotatable bonds is 4. The standard InChI is InChI=1S/C14H15N5O2/c1-4-9-10(6-15)13(17-16-12(9)5-2)19-7-11(14(20)21)8(3)18-19/h7H,4-5H2,1-3H3,(H,20,21). The molecule has 108 valence electrons. The lowest BCUT2D eigenvalue weighted by Gasteiger charge is -2.09. The molecule has 0 fully saturated rings. The van der Waals surface area contributed by atoms with Crippen LogP contribution in [0.3, 0.4) is 0 Å². The Balaban J connectivity index is 2.67.